The monoisotopic (exact) mass is 399 g/mol. The molecular formula is C19H17N3O5S. The summed E-state index contributed by atoms with van der Waals surface area (Å²) in [7, 11) is 2.92. The minimum atomic E-state index is -0.628. The van der Waals surface area contributed by atoms with Crippen LogP contribution in [-0.4, -0.2) is 40.1 Å². The number of rotatable bonds is 6. The van der Waals surface area contributed by atoms with Crippen LogP contribution in [0.4, 0.5) is 5.69 Å². The Bertz CT molecular complexity index is 1150. The minimum absolute atomic E-state index is 0.0566. The summed E-state index contributed by atoms with van der Waals surface area (Å²) in [4.78, 5) is 41.3. The Morgan fingerprint density at radius 2 is 2.21 bits per heavy atom. The highest BCUT2D eigenvalue weighted by atomic mass is 32.1. The second-order valence-corrected chi connectivity index (χ2v) is 6.82. The van der Waals surface area contributed by atoms with Crippen LogP contribution < -0.4 is 10.9 Å². The highest BCUT2D eigenvalue weighted by Crippen LogP contribution is 2.26. The summed E-state index contributed by atoms with van der Waals surface area (Å²) >= 11 is 1.31. The Morgan fingerprint density at radius 1 is 1.43 bits per heavy atom. The van der Waals surface area contributed by atoms with E-state index in [0.717, 1.165) is 0 Å². The maximum absolute atomic E-state index is 12.6. The highest BCUT2D eigenvalue weighted by Gasteiger charge is 2.19. The predicted molar refractivity (Wildman–Crippen MR) is 107 cm³/mol. The minimum Gasteiger partial charge on any atom is -0.506 e. The average molecular weight is 399 g/mol. The van der Waals surface area contributed by atoms with Crippen molar-refractivity contribution in [2.45, 2.75) is 0 Å². The number of pyridine rings is 2. The molecule has 0 aromatic carbocycles. The molecule has 9 heteroatoms. The fourth-order valence-electron chi connectivity index (χ4n) is 2.65. The van der Waals surface area contributed by atoms with Crippen molar-refractivity contribution in [1.29, 1.82) is 0 Å². The summed E-state index contributed by atoms with van der Waals surface area (Å²) in [6.45, 7) is -0.0566. The Morgan fingerprint density at radius 3 is 2.96 bits per heavy atom. The Hall–Kier alpha value is -3.30. The van der Waals surface area contributed by atoms with E-state index in [-0.39, 0.29) is 23.8 Å². The molecule has 0 aliphatic carbocycles. The zero-order valence-electron chi connectivity index (χ0n) is 15.1. The molecule has 0 spiro atoms. The standard InChI is InChI=1S/C19H17N3O5S/c1-22-18-13(4-3-7-20-18)17(25)16(19(22)26)14(23)6-5-12-8-11(10-28-12)21-15(24)9-27-2/h3-8,10,25H,9H2,1-2H3,(H,21,24). The van der Waals surface area contributed by atoms with Crippen LogP contribution in [0.25, 0.3) is 17.1 Å². The van der Waals surface area contributed by atoms with E-state index in [4.69, 9.17) is 4.74 Å². The Kier molecular flexibility index (Phi) is 5.67. The molecule has 0 bridgehead atoms. The van der Waals surface area contributed by atoms with Crippen LogP contribution in [0.2, 0.25) is 0 Å². The summed E-state index contributed by atoms with van der Waals surface area (Å²) in [6.07, 6.45) is 4.24. The number of methoxy groups -OCH3 is 1. The van der Waals surface area contributed by atoms with Gasteiger partial charge in [0.05, 0.1) is 11.1 Å². The normalized spacial score (nSPS) is 11.2. The number of carbonyl (C=O) groups excluding carboxylic acids is 2. The number of carbonyl (C=O) groups is 2. The van der Waals surface area contributed by atoms with Gasteiger partial charge in [0, 0.05) is 30.6 Å². The molecule has 3 heterocycles. The first-order chi connectivity index (χ1) is 13.4. The number of nitrogens with zero attached hydrogens (tertiary/aromatic N) is 2. The van der Waals surface area contributed by atoms with E-state index in [2.05, 4.69) is 10.3 Å². The Labute approximate surface area is 163 Å². The number of hydrogen-bond donors (Lipinski definition) is 2. The van der Waals surface area contributed by atoms with Crippen molar-refractivity contribution < 1.29 is 19.4 Å². The van der Waals surface area contributed by atoms with Crippen molar-refractivity contribution >= 4 is 45.8 Å². The first-order valence-electron chi connectivity index (χ1n) is 8.18. The fourth-order valence-corrected chi connectivity index (χ4v) is 3.38. The van der Waals surface area contributed by atoms with Gasteiger partial charge >= 0.3 is 0 Å². The third kappa shape index (κ3) is 3.85. The van der Waals surface area contributed by atoms with Crippen molar-refractivity contribution in [3.63, 3.8) is 0 Å². The average Bonchev–Trinajstić information content (AvgIpc) is 3.12. The summed E-state index contributed by atoms with van der Waals surface area (Å²) in [6, 6.07) is 4.89. The molecule has 0 atom stereocenters. The van der Waals surface area contributed by atoms with E-state index < -0.39 is 11.3 Å². The molecule has 2 N–H and O–H groups in total. The van der Waals surface area contributed by atoms with E-state index in [1.54, 1.807) is 23.6 Å². The van der Waals surface area contributed by atoms with Crippen LogP contribution in [0, 0.1) is 0 Å². The van der Waals surface area contributed by atoms with Crippen molar-refractivity contribution in [3.05, 3.63) is 56.6 Å². The number of aromatic nitrogens is 2. The fraction of sp³-hybridized carbons (Fsp3) is 0.158. The van der Waals surface area contributed by atoms with Gasteiger partial charge in [-0.15, -0.1) is 11.3 Å². The van der Waals surface area contributed by atoms with Crippen molar-refractivity contribution in [2.75, 3.05) is 19.0 Å². The lowest BCUT2D eigenvalue weighted by atomic mass is 10.1. The number of amides is 1. The van der Waals surface area contributed by atoms with Gasteiger partial charge in [0.1, 0.15) is 23.6 Å². The predicted octanol–water partition coefficient (Wildman–Crippen LogP) is 2.18. The second kappa shape index (κ2) is 8.15. The number of aromatic hydroxyl groups is 1. The maximum Gasteiger partial charge on any atom is 0.266 e. The number of anilines is 1. The molecule has 0 saturated heterocycles. The highest BCUT2D eigenvalue weighted by molar-refractivity contribution is 7.11. The lowest BCUT2D eigenvalue weighted by Gasteiger charge is -2.08. The number of nitrogens with one attached hydrogen (secondary N) is 1. The number of hydrogen-bond acceptors (Lipinski definition) is 7. The number of ether oxygens (including phenoxy) is 1. The number of ketones is 1. The molecule has 28 heavy (non-hydrogen) atoms. The van der Waals surface area contributed by atoms with Gasteiger partial charge in [-0.2, -0.15) is 0 Å². The topological polar surface area (TPSA) is 111 Å². The van der Waals surface area contributed by atoms with Gasteiger partial charge in [0.15, 0.2) is 5.78 Å². The van der Waals surface area contributed by atoms with E-state index >= 15 is 0 Å². The molecule has 0 saturated carbocycles. The smallest absolute Gasteiger partial charge is 0.266 e. The van der Waals surface area contributed by atoms with E-state index in [1.165, 1.54) is 48.4 Å². The summed E-state index contributed by atoms with van der Waals surface area (Å²) in [5.41, 5.74) is -0.0728. The molecule has 0 aliphatic rings. The lowest BCUT2D eigenvalue weighted by molar-refractivity contribution is -0.119. The van der Waals surface area contributed by atoms with Crippen molar-refractivity contribution in [3.8, 4) is 5.75 Å². The van der Waals surface area contributed by atoms with E-state index in [0.29, 0.717) is 21.6 Å². The quantitative estimate of drug-likeness (QED) is 0.486. The molecule has 1 amide bonds. The molecule has 0 radical (unpaired) electrons. The van der Waals surface area contributed by atoms with Crippen LogP contribution in [-0.2, 0) is 16.6 Å². The first-order valence-corrected chi connectivity index (χ1v) is 9.06. The van der Waals surface area contributed by atoms with Crippen LogP contribution in [0.1, 0.15) is 15.2 Å². The molecular weight excluding hydrogens is 382 g/mol. The molecule has 0 fully saturated rings. The van der Waals surface area contributed by atoms with Gasteiger partial charge in [0.25, 0.3) is 5.56 Å². The van der Waals surface area contributed by atoms with Gasteiger partial charge in [0.2, 0.25) is 5.91 Å². The molecule has 3 aromatic rings. The van der Waals surface area contributed by atoms with Crippen LogP contribution in [0.5, 0.6) is 5.75 Å². The second-order valence-electron chi connectivity index (χ2n) is 5.88. The lowest BCUT2D eigenvalue weighted by Crippen LogP contribution is -2.24. The van der Waals surface area contributed by atoms with E-state index in [9.17, 15) is 19.5 Å². The van der Waals surface area contributed by atoms with Crippen molar-refractivity contribution in [2.24, 2.45) is 7.05 Å². The largest absolute Gasteiger partial charge is 0.506 e. The number of thiophene rings is 1. The van der Waals surface area contributed by atoms with Gasteiger partial charge in [-0.05, 0) is 30.4 Å². The molecule has 0 aliphatic heterocycles. The Balaban J connectivity index is 1.87. The molecule has 0 unspecified atom stereocenters. The van der Waals surface area contributed by atoms with Crippen LogP contribution in [0.3, 0.4) is 0 Å². The van der Waals surface area contributed by atoms with Gasteiger partial charge in [-0.1, -0.05) is 0 Å². The molecule has 3 rings (SSSR count). The van der Waals surface area contributed by atoms with Gasteiger partial charge in [-0.3, -0.25) is 19.0 Å². The zero-order valence-corrected chi connectivity index (χ0v) is 15.9. The summed E-state index contributed by atoms with van der Waals surface area (Å²) in [5.74, 6) is -1.30. The number of allylic oxidation sites excluding steroid dienone is 1. The third-order valence-electron chi connectivity index (χ3n) is 3.94. The molecule has 144 valence electrons. The van der Waals surface area contributed by atoms with Crippen LogP contribution in [0.15, 0.2) is 40.6 Å². The summed E-state index contributed by atoms with van der Waals surface area (Å²) < 4.78 is 5.97. The zero-order chi connectivity index (χ0) is 20.3. The molecule has 8 nitrogen and oxygen atoms in total. The van der Waals surface area contributed by atoms with E-state index in [1.807, 2.05) is 0 Å². The SMILES string of the molecule is COCC(=O)Nc1csc(C=CC(=O)c2c(O)c3cccnc3n(C)c2=O)c1. The summed E-state index contributed by atoms with van der Waals surface area (Å²) in [5, 5.41) is 15.1. The maximum atomic E-state index is 12.6. The third-order valence-corrected chi connectivity index (χ3v) is 4.84. The van der Waals surface area contributed by atoms with Crippen LogP contribution >= 0.6 is 11.3 Å². The van der Waals surface area contributed by atoms with Gasteiger partial charge < -0.3 is 15.2 Å². The van der Waals surface area contributed by atoms with Gasteiger partial charge in [-0.25, -0.2) is 4.98 Å². The number of fused-ring (bicyclic) bond motifs is 1. The number of aryl methyl sites for hydroxylation is 1. The molecule has 3 aromatic heterocycles. The van der Waals surface area contributed by atoms with Crippen molar-refractivity contribution in [1.82, 2.24) is 9.55 Å². The first kappa shape index (κ1) is 19.5.